The maximum Gasteiger partial charge on any atom is 0.339 e. The molecular formula is C22H24N2O5. The van der Waals surface area contributed by atoms with Gasteiger partial charge in [0.05, 0.1) is 5.56 Å². The van der Waals surface area contributed by atoms with Gasteiger partial charge in [-0.3, -0.25) is 4.79 Å². The molecule has 0 aromatic heterocycles. The van der Waals surface area contributed by atoms with Crippen molar-refractivity contribution in [1.82, 2.24) is 0 Å². The number of nitrogens with zero attached hydrogens (tertiary/aromatic N) is 1. The molecule has 0 radical (unpaired) electrons. The van der Waals surface area contributed by atoms with Gasteiger partial charge in [0.1, 0.15) is 0 Å². The number of carbonyl (C=O) groups excluding carboxylic acids is 2. The van der Waals surface area contributed by atoms with E-state index in [1.807, 2.05) is 24.3 Å². The molecule has 7 nitrogen and oxygen atoms in total. The van der Waals surface area contributed by atoms with E-state index < -0.39 is 12.1 Å². The largest absolute Gasteiger partial charge is 0.454 e. The fraction of sp³-hybridized carbons (Fsp3) is 0.364. The molecule has 2 heterocycles. The number of benzene rings is 2. The van der Waals surface area contributed by atoms with Gasteiger partial charge in [-0.05, 0) is 68.7 Å². The van der Waals surface area contributed by atoms with E-state index in [2.05, 4.69) is 10.2 Å². The number of carbonyl (C=O) groups is 2. The smallest absolute Gasteiger partial charge is 0.339 e. The van der Waals surface area contributed by atoms with Gasteiger partial charge in [0, 0.05) is 24.5 Å². The van der Waals surface area contributed by atoms with Gasteiger partial charge in [0.25, 0.3) is 5.91 Å². The zero-order valence-electron chi connectivity index (χ0n) is 16.3. The van der Waals surface area contributed by atoms with Crippen molar-refractivity contribution < 1.29 is 23.8 Å². The Hall–Kier alpha value is -3.22. The summed E-state index contributed by atoms with van der Waals surface area (Å²) in [5.74, 6) is 0.0990. The number of esters is 1. The molecule has 2 aromatic carbocycles. The van der Waals surface area contributed by atoms with Crippen LogP contribution in [0.15, 0.2) is 42.5 Å². The zero-order chi connectivity index (χ0) is 20.2. The fourth-order valence-electron chi connectivity index (χ4n) is 3.46. The highest BCUT2D eigenvalue weighted by Crippen LogP contribution is 2.32. The van der Waals surface area contributed by atoms with Crippen molar-refractivity contribution in [2.45, 2.75) is 32.3 Å². The minimum atomic E-state index is -0.935. The highest BCUT2D eigenvalue weighted by Gasteiger charge is 2.22. The summed E-state index contributed by atoms with van der Waals surface area (Å²) in [6.07, 6.45) is 2.78. The molecule has 1 atom stereocenters. The summed E-state index contributed by atoms with van der Waals surface area (Å²) < 4.78 is 15.8. The van der Waals surface area contributed by atoms with E-state index in [1.165, 1.54) is 19.3 Å². The van der Waals surface area contributed by atoms with Crippen LogP contribution in [0.1, 0.15) is 36.5 Å². The number of hydrogen-bond acceptors (Lipinski definition) is 6. The molecule has 2 aromatic rings. The van der Waals surface area contributed by atoms with Crippen LogP contribution in [0, 0.1) is 0 Å². The number of amides is 1. The van der Waals surface area contributed by atoms with Crippen LogP contribution in [0.5, 0.6) is 11.5 Å². The monoisotopic (exact) mass is 396 g/mol. The van der Waals surface area contributed by atoms with E-state index >= 15 is 0 Å². The third-order valence-corrected chi connectivity index (χ3v) is 5.12. The van der Waals surface area contributed by atoms with E-state index in [4.69, 9.17) is 14.2 Å². The summed E-state index contributed by atoms with van der Waals surface area (Å²) >= 11 is 0. The van der Waals surface area contributed by atoms with Crippen LogP contribution in [0.25, 0.3) is 0 Å². The molecule has 2 aliphatic rings. The molecule has 1 fully saturated rings. The van der Waals surface area contributed by atoms with E-state index in [1.54, 1.807) is 25.1 Å². The molecule has 1 N–H and O–H groups in total. The first-order valence-electron chi connectivity index (χ1n) is 9.87. The van der Waals surface area contributed by atoms with Crippen LogP contribution < -0.4 is 19.7 Å². The van der Waals surface area contributed by atoms with Crippen LogP contribution in [-0.4, -0.2) is 37.9 Å². The highest BCUT2D eigenvalue weighted by atomic mass is 16.7. The maximum atomic E-state index is 12.4. The lowest BCUT2D eigenvalue weighted by Gasteiger charge is -2.28. The Bertz CT molecular complexity index is 891. The molecule has 0 saturated carbocycles. The molecule has 0 aliphatic carbocycles. The normalized spacial score (nSPS) is 16.2. The summed E-state index contributed by atoms with van der Waals surface area (Å²) in [7, 11) is 0. The number of ether oxygens (including phenoxy) is 3. The minimum absolute atomic E-state index is 0.128. The first kappa shape index (κ1) is 19.1. The minimum Gasteiger partial charge on any atom is -0.454 e. The van der Waals surface area contributed by atoms with Crippen LogP contribution in [-0.2, 0) is 9.53 Å². The van der Waals surface area contributed by atoms with Crippen molar-refractivity contribution in [1.29, 1.82) is 0 Å². The van der Waals surface area contributed by atoms with Crippen LogP contribution in [0.4, 0.5) is 11.4 Å². The molecule has 1 saturated heterocycles. The third-order valence-electron chi connectivity index (χ3n) is 5.12. The molecule has 2 aliphatic heterocycles. The molecule has 0 spiro atoms. The number of rotatable bonds is 5. The zero-order valence-corrected chi connectivity index (χ0v) is 16.3. The Kier molecular flexibility index (Phi) is 5.55. The van der Waals surface area contributed by atoms with Gasteiger partial charge in [0.15, 0.2) is 17.6 Å². The van der Waals surface area contributed by atoms with Gasteiger partial charge in [-0.25, -0.2) is 4.79 Å². The number of nitrogens with one attached hydrogen (secondary N) is 1. The second kappa shape index (κ2) is 8.43. The van der Waals surface area contributed by atoms with Crippen molar-refractivity contribution in [3.8, 4) is 11.5 Å². The molecule has 0 unspecified atom stereocenters. The second-order valence-electron chi connectivity index (χ2n) is 7.20. The van der Waals surface area contributed by atoms with Gasteiger partial charge in [-0.2, -0.15) is 0 Å². The first-order chi connectivity index (χ1) is 14.1. The number of piperidine rings is 1. The van der Waals surface area contributed by atoms with E-state index in [0.717, 1.165) is 18.8 Å². The molecule has 4 rings (SSSR count). The predicted molar refractivity (Wildman–Crippen MR) is 109 cm³/mol. The summed E-state index contributed by atoms with van der Waals surface area (Å²) in [4.78, 5) is 27.1. The number of fused-ring (bicyclic) bond motifs is 1. The van der Waals surface area contributed by atoms with Crippen molar-refractivity contribution in [3.63, 3.8) is 0 Å². The van der Waals surface area contributed by atoms with Crippen LogP contribution in [0.2, 0.25) is 0 Å². The van der Waals surface area contributed by atoms with Crippen molar-refractivity contribution in [2.75, 3.05) is 30.1 Å². The standard InChI is InChI=1S/C22H24N2O5/c1-15(29-22(26)16-5-10-19-20(13-16)28-14-27-19)21(25)23-17-6-8-18(9-7-17)24-11-3-2-4-12-24/h5-10,13,15H,2-4,11-12,14H2,1H3,(H,23,25)/t15-/m1/s1. The predicted octanol–water partition coefficient (Wildman–Crippen LogP) is 3.59. The quantitative estimate of drug-likeness (QED) is 0.779. The lowest BCUT2D eigenvalue weighted by molar-refractivity contribution is -0.123. The molecule has 1 amide bonds. The number of hydrogen-bond donors (Lipinski definition) is 1. The molecule has 7 heteroatoms. The maximum absolute atomic E-state index is 12.4. The van der Waals surface area contributed by atoms with E-state index in [-0.39, 0.29) is 12.7 Å². The summed E-state index contributed by atoms with van der Waals surface area (Å²) in [5, 5.41) is 2.79. The second-order valence-corrected chi connectivity index (χ2v) is 7.20. The lowest BCUT2D eigenvalue weighted by atomic mass is 10.1. The Morgan fingerprint density at radius 2 is 1.72 bits per heavy atom. The lowest BCUT2D eigenvalue weighted by Crippen LogP contribution is -2.30. The summed E-state index contributed by atoms with van der Waals surface area (Å²) in [6, 6.07) is 12.5. The molecular weight excluding hydrogens is 372 g/mol. The van der Waals surface area contributed by atoms with Crippen molar-refractivity contribution >= 4 is 23.3 Å². The van der Waals surface area contributed by atoms with Gasteiger partial charge in [-0.1, -0.05) is 0 Å². The van der Waals surface area contributed by atoms with Crippen molar-refractivity contribution in [3.05, 3.63) is 48.0 Å². The van der Waals surface area contributed by atoms with Gasteiger partial charge < -0.3 is 24.4 Å². The average molecular weight is 396 g/mol. The summed E-state index contributed by atoms with van der Waals surface area (Å²) in [6.45, 7) is 3.81. The van der Waals surface area contributed by atoms with Gasteiger partial charge in [-0.15, -0.1) is 0 Å². The molecule has 152 valence electrons. The third kappa shape index (κ3) is 4.45. The Labute approximate surface area is 169 Å². The van der Waals surface area contributed by atoms with Gasteiger partial charge >= 0.3 is 5.97 Å². The first-order valence-corrected chi connectivity index (χ1v) is 9.87. The van der Waals surface area contributed by atoms with E-state index in [9.17, 15) is 9.59 Å². The average Bonchev–Trinajstić information content (AvgIpc) is 3.22. The summed E-state index contributed by atoms with van der Waals surface area (Å²) in [5.41, 5.74) is 2.13. The fourth-order valence-corrected chi connectivity index (χ4v) is 3.46. The Morgan fingerprint density at radius 1 is 1.00 bits per heavy atom. The highest BCUT2D eigenvalue weighted by molar-refractivity contribution is 5.97. The van der Waals surface area contributed by atoms with Crippen LogP contribution >= 0.6 is 0 Å². The van der Waals surface area contributed by atoms with Crippen molar-refractivity contribution in [2.24, 2.45) is 0 Å². The van der Waals surface area contributed by atoms with E-state index in [0.29, 0.717) is 22.7 Å². The SMILES string of the molecule is C[C@@H](OC(=O)c1ccc2c(c1)OCO2)C(=O)Nc1ccc(N2CCCCC2)cc1. The van der Waals surface area contributed by atoms with Gasteiger partial charge in [0.2, 0.25) is 6.79 Å². The van der Waals surface area contributed by atoms with Crippen LogP contribution in [0.3, 0.4) is 0 Å². The molecule has 0 bridgehead atoms. The Balaban J connectivity index is 1.32. The Morgan fingerprint density at radius 3 is 2.48 bits per heavy atom. The number of anilines is 2. The topological polar surface area (TPSA) is 77.1 Å². The molecule has 29 heavy (non-hydrogen) atoms.